The Morgan fingerprint density at radius 1 is 1.58 bits per heavy atom. The number of likely N-dealkylation sites (N-methyl/N-ethyl adjacent to an activating group) is 1. The minimum absolute atomic E-state index is 0.000833. The molecule has 0 bridgehead atoms. The summed E-state index contributed by atoms with van der Waals surface area (Å²) < 4.78 is 0.283. The highest BCUT2D eigenvalue weighted by atomic mass is 16.3. The highest BCUT2D eigenvalue weighted by Crippen LogP contribution is 2.05. The van der Waals surface area contributed by atoms with Gasteiger partial charge in [0.15, 0.2) is 6.23 Å². The first-order valence-corrected chi connectivity index (χ1v) is 3.97. The fourth-order valence-electron chi connectivity index (χ4n) is 0.637. The topological polar surface area (TPSA) is 37.3 Å². The Labute approximate surface area is 73.9 Å². The monoisotopic (exact) mass is 172 g/mol. The molecule has 0 radical (unpaired) electrons. The fraction of sp³-hybridized carbons (Fsp3) is 0.667. The molecule has 1 N–H and O–H groups in total. The summed E-state index contributed by atoms with van der Waals surface area (Å²) in [5.74, 6) is 0.000833. The Hall–Kier alpha value is -0.670. The van der Waals surface area contributed by atoms with Crippen LogP contribution in [0.1, 0.15) is 13.8 Å². The molecule has 0 fully saturated rings. The van der Waals surface area contributed by atoms with Crippen molar-refractivity contribution in [2.24, 2.45) is 0 Å². The van der Waals surface area contributed by atoms with Gasteiger partial charge in [-0.15, -0.1) is 0 Å². The lowest BCUT2D eigenvalue weighted by Gasteiger charge is -2.31. The fourth-order valence-corrected chi connectivity index (χ4v) is 0.637. The third-order valence-electron chi connectivity index (χ3n) is 2.04. The summed E-state index contributed by atoms with van der Waals surface area (Å²) in [7, 11) is 3.62. The van der Waals surface area contributed by atoms with Gasteiger partial charge in [0, 0.05) is 6.92 Å². The van der Waals surface area contributed by atoms with Crippen LogP contribution in [0, 0.1) is 0 Å². The van der Waals surface area contributed by atoms with E-state index in [1.54, 1.807) is 13.8 Å². The van der Waals surface area contributed by atoms with Gasteiger partial charge in [-0.2, -0.15) is 0 Å². The predicted octanol–water partition coefficient (Wildman–Crippen LogP) is 0.546. The highest BCUT2D eigenvalue weighted by molar-refractivity contribution is 5.95. The van der Waals surface area contributed by atoms with E-state index in [1.807, 2.05) is 14.1 Å². The van der Waals surface area contributed by atoms with Gasteiger partial charge >= 0.3 is 0 Å². The van der Waals surface area contributed by atoms with Crippen LogP contribution in [0.3, 0.4) is 0 Å². The lowest BCUT2D eigenvalue weighted by Crippen LogP contribution is -2.50. The second kappa shape index (κ2) is 3.83. The van der Waals surface area contributed by atoms with E-state index >= 15 is 0 Å². The average Bonchev–Trinajstić information content (AvgIpc) is 1.85. The van der Waals surface area contributed by atoms with Crippen LogP contribution < -0.4 is 0 Å². The molecule has 0 aliphatic carbocycles. The number of aliphatic hydroxyl groups excluding tert-OH is 1. The summed E-state index contributed by atoms with van der Waals surface area (Å²) >= 11 is 0. The Balaban J connectivity index is 4.25. The first-order chi connectivity index (χ1) is 5.27. The van der Waals surface area contributed by atoms with E-state index < -0.39 is 6.23 Å². The second-order valence-electron chi connectivity index (χ2n) is 3.77. The summed E-state index contributed by atoms with van der Waals surface area (Å²) in [6.07, 6.45) is -0.534. The van der Waals surface area contributed by atoms with Crippen LogP contribution in [0.15, 0.2) is 12.2 Å². The predicted molar refractivity (Wildman–Crippen MR) is 48.5 cm³/mol. The molecule has 0 rings (SSSR count). The zero-order chi connectivity index (χ0) is 9.94. The molecular weight excluding hydrogens is 154 g/mol. The van der Waals surface area contributed by atoms with Gasteiger partial charge in [0.05, 0.1) is 14.1 Å². The van der Waals surface area contributed by atoms with Crippen molar-refractivity contribution in [1.29, 1.82) is 0 Å². The molecule has 3 nitrogen and oxygen atoms in total. The summed E-state index contributed by atoms with van der Waals surface area (Å²) in [5, 5.41) is 9.30. The van der Waals surface area contributed by atoms with Gasteiger partial charge in [-0.1, -0.05) is 6.58 Å². The maximum atomic E-state index is 11.2. The smallest absolute Gasteiger partial charge is 0.212 e. The van der Waals surface area contributed by atoms with Gasteiger partial charge in [0.2, 0.25) is 5.78 Å². The first kappa shape index (κ1) is 11.3. The number of ketones is 1. The van der Waals surface area contributed by atoms with Crippen LogP contribution in [0.2, 0.25) is 0 Å². The van der Waals surface area contributed by atoms with E-state index in [0.29, 0.717) is 12.1 Å². The van der Waals surface area contributed by atoms with Crippen molar-refractivity contribution in [2.45, 2.75) is 20.1 Å². The Morgan fingerprint density at radius 3 is 2.25 bits per heavy atom. The van der Waals surface area contributed by atoms with Crippen molar-refractivity contribution in [2.75, 3.05) is 20.6 Å². The van der Waals surface area contributed by atoms with Gasteiger partial charge in [0.25, 0.3) is 0 Å². The number of Topliss-reactive ketones (excluding diaryl/α,β-unsaturated/α-hetero) is 1. The molecule has 3 heteroatoms. The molecule has 0 saturated carbocycles. The second-order valence-corrected chi connectivity index (χ2v) is 3.77. The maximum absolute atomic E-state index is 11.2. The van der Waals surface area contributed by atoms with E-state index in [9.17, 15) is 9.90 Å². The van der Waals surface area contributed by atoms with Gasteiger partial charge in [-0.05, 0) is 12.5 Å². The largest absolute Gasteiger partial charge is 0.345 e. The quantitative estimate of drug-likeness (QED) is 0.382. The van der Waals surface area contributed by atoms with Crippen molar-refractivity contribution < 1.29 is 14.4 Å². The molecule has 0 spiro atoms. The number of aliphatic hydroxyl groups is 1. The van der Waals surface area contributed by atoms with Crippen molar-refractivity contribution in [1.82, 2.24) is 0 Å². The lowest BCUT2D eigenvalue weighted by atomic mass is 10.2. The maximum Gasteiger partial charge on any atom is 0.212 e. The van der Waals surface area contributed by atoms with Crippen molar-refractivity contribution in [3.8, 4) is 0 Å². The van der Waals surface area contributed by atoms with Gasteiger partial charge in [-0.25, -0.2) is 0 Å². The summed E-state index contributed by atoms with van der Waals surface area (Å²) in [6, 6.07) is 0. The molecule has 1 atom stereocenters. The number of carbonyl (C=O) groups excluding carboxylic acids is 1. The van der Waals surface area contributed by atoms with Crippen LogP contribution in [-0.2, 0) is 4.79 Å². The van der Waals surface area contributed by atoms with Crippen molar-refractivity contribution >= 4 is 5.78 Å². The average molecular weight is 172 g/mol. The Bertz CT molecular complexity index is 195. The van der Waals surface area contributed by atoms with Crippen LogP contribution in [-0.4, -0.2) is 42.2 Å². The minimum Gasteiger partial charge on any atom is -0.345 e. The SMILES string of the molecule is C=C(C)C(=O)C[N+](C)(C)C(C)O. The van der Waals surface area contributed by atoms with Crippen molar-refractivity contribution in [3.63, 3.8) is 0 Å². The summed E-state index contributed by atoms with van der Waals surface area (Å²) in [6.45, 7) is 7.21. The molecule has 0 aliphatic heterocycles. The molecule has 0 saturated heterocycles. The van der Waals surface area contributed by atoms with Gasteiger partial charge in [-0.3, -0.25) is 9.28 Å². The molecule has 0 aromatic rings. The molecule has 0 amide bonds. The normalized spacial score (nSPS) is 14.1. The number of rotatable bonds is 4. The molecule has 0 aromatic carbocycles. The molecule has 1 unspecified atom stereocenters. The van der Waals surface area contributed by atoms with Crippen LogP contribution in [0.25, 0.3) is 0 Å². The van der Waals surface area contributed by atoms with E-state index in [0.717, 1.165) is 0 Å². The summed E-state index contributed by atoms with van der Waals surface area (Å²) in [5.41, 5.74) is 0.543. The summed E-state index contributed by atoms with van der Waals surface area (Å²) in [4.78, 5) is 11.2. The molecule has 0 aliphatic rings. The van der Waals surface area contributed by atoms with Crippen molar-refractivity contribution in [3.05, 3.63) is 12.2 Å². The van der Waals surface area contributed by atoms with Crippen LogP contribution in [0.5, 0.6) is 0 Å². The number of hydrogen-bond acceptors (Lipinski definition) is 2. The lowest BCUT2D eigenvalue weighted by molar-refractivity contribution is -0.927. The molecule has 12 heavy (non-hydrogen) atoms. The van der Waals surface area contributed by atoms with Gasteiger partial charge < -0.3 is 5.11 Å². The van der Waals surface area contributed by atoms with Gasteiger partial charge in [0.1, 0.15) is 6.54 Å². The standard InChI is InChI=1S/C9H18NO2/c1-7(2)9(12)6-10(4,5)8(3)11/h8,11H,1,6H2,2-5H3/q+1. The number of carbonyl (C=O) groups is 1. The third-order valence-corrected chi connectivity index (χ3v) is 2.04. The minimum atomic E-state index is -0.534. The van der Waals surface area contributed by atoms with Crippen LogP contribution >= 0.6 is 0 Å². The zero-order valence-electron chi connectivity index (χ0n) is 8.29. The van der Waals surface area contributed by atoms with E-state index in [2.05, 4.69) is 6.58 Å². The number of nitrogens with zero attached hydrogens (tertiary/aromatic N) is 1. The zero-order valence-corrected chi connectivity index (χ0v) is 8.29. The molecule has 0 heterocycles. The van der Waals surface area contributed by atoms with E-state index in [1.165, 1.54) is 0 Å². The Kier molecular flexibility index (Phi) is 3.61. The van der Waals surface area contributed by atoms with Crippen LogP contribution in [0.4, 0.5) is 0 Å². The first-order valence-electron chi connectivity index (χ1n) is 3.97. The molecule has 0 aromatic heterocycles. The number of hydrogen-bond donors (Lipinski definition) is 1. The highest BCUT2D eigenvalue weighted by Gasteiger charge is 2.24. The van der Waals surface area contributed by atoms with E-state index in [4.69, 9.17) is 0 Å². The molecule has 70 valence electrons. The van der Waals surface area contributed by atoms with E-state index in [-0.39, 0.29) is 10.3 Å². The Morgan fingerprint density at radius 2 is 2.00 bits per heavy atom. The third kappa shape index (κ3) is 3.15. The molecular formula is C9H18NO2+. The number of quaternary nitrogens is 1.